The van der Waals surface area contributed by atoms with Gasteiger partial charge in [-0.3, -0.25) is 10.1 Å². The average Bonchev–Trinajstić information content (AvgIpc) is 3.03. The lowest BCUT2D eigenvalue weighted by molar-refractivity contribution is 0.0600. The maximum Gasteiger partial charge on any atom is 0.405 e. The molecule has 0 saturated heterocycles. The molecule has 33 heavy (non-hydrogen) atoms. The van der Waals surface area contributed by atoms with Crippen LogP contribution in [0.15, 0.2) is 39.9 Å². The van der Waals surface area contributed by atoms with E-state index in [4.69, 9.17) is 15.4 Å². The summed E-state index contributed by atoms with van der Waals surface area (Å²) in [6.07, 6.45) is 4.00. The number of nitrogens with two attached hydrogens (primary N) is 2. The van der Waals surface area contributed by atoms with Gasteiger partial charge in [0, 0.05) is 22.0 Å². The van der Waals surface area contributed by atoms with Gasteiger partial charge in [-0.05, 0) is 95.0 Å². The van der Waals surface area contributed by atoms with Gasteiger partial charge in [-0.25, -0.2) is 4.79 Å². The molecule has 2 heterocycles. The van der Waals surface area contributed by atoms with E-state index >= 15 is 0 Å². The highest BCUT2D eigenvalue weighted by atomic mass is 32.2. The highest BCUT2D eigenvalue weighted by Gasteiger charge is 2.19. The van der Waals surface area contributed by atoms with Crippen LogP contribution < -0.4 is 10.9 Å². The second-order valence-corrected chi connectivity index (χ2v) is 10.3. The molecule has 0 atom stereocenters. The Bertz CT molecular complexity index is 1040. The molecule has 0 spiro atoms. The van der Waals surface area contributed by atoms with Crippen molar-refractivity contribution in [1.29, 1.82) is 0 Å². The first-order valence-electron chi connectivity index (χ1n) is 11.1. The molecule has 1 aromatic carbocycles. The molecule has 8 heteroatoms. The van der Waals surface area contributed by atoms with Crippen LogP contribution >= 0.6 is 11.9 Å². The Kier molecular flexibility index (Phi) is 9.31. The summed E-state index contributed by atoms with van der Waals surface area (Å²) < 4.78 is 9.80. The molecule has 0 unspecified atom stereocenters. The number of carbonyl (C=O) groups is 1. The van der Waals surface area contributed by atoms with E-state index in [-0.39, 0.29) is 0 Å². The van der Waals surface area contributed by atoms with Gasteiger partial charge in [-0.2, -0.15) is 0 Å². The van der Waals surface area contributed by atoms with Crippen molar-refractivity contribution in [3.8, 4) is 11.1 Å². The molecule has 1 aliphatic rings. The summed E-state index contributed by atoms with van der Waals surface area (Å²) in [7, 11) is 0. The van der Waals surface area contributed by atoms with Gasteiger partial charge in [0.15, 0.2) is 0 Å². The fourth-order valence-corrected chi connectivity index (χ4v) is 4.39. The van der Waals surface area contributed by atoms with Gasteiger partial charge in [-0.1, -0.05) is 25.1 Å². The van der Waals surface area contributed by atoms with Gasteiger partial charge < -0.3 is 15.0 Å². The number of nitrogens with zero attached hydrogens (tertiary/aromatic N) is 2. The van der Waals surface area contributed by atoms with Gasteiger partial charge in [0.2, 0.25) is 0 Å². The minimum Gasteiger partial charge on any atom is -0.444 e. The van der Waals surface area contributed by atoms with Crippen molar-refractivity contribution >= 4 is 28.9 Å². The average molecular weight is 473 g/mol. The number of aromatic nitrogens is 2. The van der Waals surface area contributed by atoms with Crippen molar-refractivity contribution in [2.75, 3.05) is 0 Å². The van der Waals surface area contributed by atoms with Crippen molar-refractivity contribution < 1.29 is 14.1 Å². The zero-order chi connectivity index (χ0) is 24.8. The van der Waals surface area contributed by atoms with Crippen LogP contribution in [0, 0.1) is 25.7 Å². The van der Waals surface area contributed by atoms with Gasteiger partial charge in [-0.15, -0.1) is 0 Å². The monoisotopic (exact) mass is 472 g/mol. The van der Waals surface area contributed by atoms with E-state index in [9.17, 15) is 4.79 Å². The van der Waals surface area contributed by atoms with Gasteiger partial charge in [0.25, 0.3) is 0 Å². The first-order chi connectivity index (χ1) is 15.4. The minimum atomic E-state index is -0.725. The number of primary amides is 1. The third kappa shape index (κ3) is 8.05. The number of hydrogen-bond donors (Lipinski definition) is 2. The SMILES string of the molecule is CC(C)(C)OC(N)=O.CC1CC(C)C1.Cc1noc(C)c1-c1cc(SN)c2cccnc2c1. The van der Waals surface area contributed by atoms with Crippen LogP contribution in [0.2, 0.25) is 0 Å². The molecule has 0 bridgehead atoms. The van der Waals surface area contributed by atoms with E-state index in [1.54, 1.807) is 27.0 Å². The Morgan fingerprint density at radius 3 is 2.21 bits per heavy atom. The van der Waals surface area contributed by atoms with E-state index in [0.29, 0.717) is 0 Å². The van der Waals surface area contributed by atoms with E-state index in [1.807, 2.05) is 32.0 Å². The number of rotatable bonds is 2. The maximum absolute atomic E-state index is 10.0. The third-order valence-corrected chi connectivity index (χ3v) is 5.74. The summed E-state index contributed by atoms with van der Waals surface area (Å²) in [5.74, 6) is 2.89. The number of ether oxygens (including phenoxy) is 1. The van der Waals surface area contributed by atoms with Crippen LogP contribution in [0.25, 0.3) is 22.0 Å². The molecule has 2 aromatic heterocycles. The molecular formula is C25H36N4O3S. The summed E-state index contributed by atoms with van der Waals surface area (Å²) in [4.78, 5) is 15.4. The normalized spacial score (nSPS) is 17.2. The molecular weight excluding hydrogens is 436 g/mol. The highest BCUT2D eigenvalue weighted by Crippen LogP contribution is 2.34. The number of hydrogen-bond acceptors (Lipinski definition) is 7. The number of amides is 1. The molecule has 1 aliphatic carbocycles. The zero-order valence-electron chi connectivity index (χ0n) is 20.6. The van der Waals surface area contributed by atoms with Crippen molar-refractivity contribution in [1.82, 2.24) is 10.1 Å². The standard InChI is InChI=1S/C14H13N3OS.C6H12.C5H11NO2/c1-8-14(9(2)18-17-8)10-6-12-11(4-3-5-16-12)13(7-10)19-15;1-5-3-6(2)4-5;1-5(2,3)8-4(6)7/h3-7H,15H2,1-2H3;5-6H,3-4H2,1-2H3;1-3H3,(H2,6,7). The van der Waals surface area contributed by atoms with Crippen molar-refractivity contribution in [2.45, 2.75) is 71.8 Å². The number of carbonyl (C=O) groups excluding carboxylic acids is 1. The molecule has 1 fully saturated rings. The predicted molar refractivity (Wildman–Crippen MR) is 135 cm³/mol. The third-order valence-electron chi connectivity index (χ3n) is 5.15. The lowest BCUT2D eigenvalue weighted by atomic mass is 9.78. The summed E-state index contributed by atoms with van der Waals surface area (Å²) >= 11 is 1.23. The molecule has 4 N–H and O–H groups in total. The number of fused-ring (bicyclic) bond motifs is 1. The number of aryl methyl sites for hydroxylation is 2. The smallest absolute Gasteiger partial charge is 0.405 e. The molecule has 180 valence electrons. The van der Waals surface area contributed by atoms with Gasteiger partial charge >= 0.3 is 6.09 Å². The quantitative estimate of drug-likeness (QED) is 0.414. The fraction of sp³-hybridized carbons (Fsp3) is 0.480. The molecule has 4 rings (SSSR count). The fourth-order valence-electron chi connectivity index (χ4n) is 3.89. The first-order valence-corrected chi connectivity index (χ1v) is 12.0. The Morgan fingerprint density at radius 1 is 1.18 bits per heavy atom. The Hall–Kier alpha value is -2.58. The summed E-state index contributed by atoms with van der Waals surface area (Å²) in [6.45, 7) is 13.8. The van der Waals surface area contributed by atoms with Crippen LogP contribution in [0.5, 0.6) is 0 Å². The van der Waals surface area contributed by atoms with E-state index in [0.717, 1.165) is 50.2 Å². The minimum absolute atomic E-state index is 0.453. The van der Waals surface area contributed by atoms with E-state index in [2.05, 4.69) is 34.8 Å². The molecule has 1 amide bonds. The topological polar surface area (TPSA) is 117 Å². The van der Waals surface area contributed by atoms with E-state index in [1.165, 1.54) is 24.8 Å². The maximum atomic E-state index is 10.0. The molecule has 0 radical (unpaired) electrons. The van der Waals surface area contributed by atoms with Crippen LogP contribution in [-0.4, -0.2) is 21.8 Å². The largest absolute Gasteiger partial charge is 0.444 e. The Labute approximate surface area is 200 Å². The van der Waals surface area contributed by atoms with Gasteiger partial charge in [0.05, 0.1) is 11.2 Å². The molecule has 1 saturated carbocycles. The van der Waals surface area contributed by atoms with Gasteiger partial charge in [0.1, 0.15) is 11.4 Å². The molecule has 7 nitrogen and oxygen atoms in total. The van der Waals surface area contributed by atoms with E-state index < -0.39 is 11.7 Å². The van der Waals surface area contributed by atoms with Crippen molar-refractivity contribution in [3.63, 3.8) is 0 Å². The summed E-state index contributed by atoms with van der Waals surface area (Å²) in [6, 6.07) is 8.04. The van der Waals surface area contributed by atoms with Crippen molar-refractivity contribution in [3.05, 3.63) is 41.9 Å². The van der Waals surface area contributed by atoms with Crippen LogP contribution in [0.4, 0.5) is 4.79 Å². The molecule has 3 aromatic rings. The lowest BCUT2D eigenvalue weighted by Crippen LogP contribution is -2.27. The number of benzene rings is 1. The Morgan fingerprint density at radius 2 is 1.82 bits per heavy atom. The lowest BCUT2D eigenvalue weighted by Gasteiger charge is -2.28. The second kappa shape index (κ2) is 11.5. The predicted octanol–water partition coefficient (Wildman–Crippen LogP) is 6.41. The molecule has 0 aliphatic heterocycles. The Balaban J connectivity index is 0.000000227. The highest BCUT2D eigenvalue weighted by molar-refractivity contribution is 7.97. The second-order valence-electron chi connectivity index (χ2n) is 9.58. The first kappa shape index (κ1) is 26.7. The zero-order valence-corrected chi connectivity index (χ0v) is 21.5. The van der Waals surface area contributed by atoms with Crippen molar-refractivity contribution in [2.24, 2.45) is 22.7 Å². The summed E-state index contributed by atoms with van der Waals surface area (Å²) in [5, 5.41) is 10.8. The van der Waals surface area contributed by atoms with Crippen LogP contribution in [0.1, 0.15) is 58.9 Å². The summed E-state index contributed by atoms with van der Waals surface area (Å²) in [5.41, 5.74) is 8.12. The van der Waals surface area contributed by atoms with Crippen LogP contribution in [0.3, 0.4) is 0 Å². The number of pyridine rings is 1. The van der Waals surface area contributed by atoms with Crippen LogP contribution in [-0.2, 0) is 4.74 Å².